The van der Waals surface area contributed by atoms with Crippen LogP contribution in [0, 0.1) is 20.8 Å². The number of carbonyl (C=O) groups is 1. The molecule has 1 aliphatic rings. The third-order valence-electron chi connectivity index (χ3n) is 4.59. The quantitative estimate of drug-likeness (QED) is 0.812. The summed E-state index contributed by atoms with van der Waals surface area (Å²) in [6.07, 6.45) is 4.68. The molecule has 3 rings (SSSR count). The van der Waals surface area contributed by atoms with Crippen molar-refractivity contribution in [2.75, 3.05) is 13.1 Å². The van der Waals surface area contributed by atoms with E-state index in [1.54, 1.807) is 37.9 Å². The summed E-state index contributed by atoms with van der Waals surface area (Å²) in [4.78, 5) is 39.1. The highest BCUT2D eigenvalue weighted by atomic mass is 16.5. The van der Waals surface area contributed by atoms with Gasteiger partial charge in [-0.15, -0.1) is 0 Å². The Morgan fingerprint density at radius 3 is 2.88 bits per heavy atom. The van der Waals surface area contributed by atoms with Crippen LogP contribution in [0.2, 0.25) is 0 Å². The number of piperidine rings is 1. The van der Waals surface area contributed by atoms with Gasteiger partial charge in [0.05, 0.1) is 12.9 Å². The van der Waals surface area contributed by atoms with E-state index in [0.29, 0.717) is 36.1 Å². The standard InChI is InChI=1S/C18H23N5O3/c1-12-13(2)20-11-23(18(12)25)10-17(24)22-8-4-5-15(9-22)26-16-6-7-19-14(3)21-16/h6-7,11,15H,4-5,8-10H2,1-3H3. The predicted molar refractivity (Wildman–Crippen MR) is 95.0 cm³/mol. The Morgan fingerprint density at radius 1 is 1.31 bits per heavy atom. The lowest BCUT2D eigenvalue weighted by atomic mass is 10.1. The van der Waals surface area contributed by atoms with E-state index in [0.717, 1.165) is 12.8 Å². The van der Waals surface area contributed by atoms with E-state index in [1.807, 2.05) is 0 Å². The minimum atomic E-state index is -0.174. The number of aryl methyl sites for hydroxylation is 2. The number of carbonyl (C=O) groups excluding carboxylic acids is 1. The van der Waals surface area contributed by atoms with Crippen LogP contribution in [0.15, 0.2) is 23.4 Å². The number of likely N-dealkylation sites (tertiary alicyclic amines) is 1. The molecular weight excluding hydrogens is 334 g/mol. The average Bonchev–Trinajstić information content (AvgIpc) is 2.62. The average molecular weight is 357 g/mol. The fraction of sp³-hybridized carbons (Fsp3) is 0.500. The van der Waals surface area contributed by atoms with E-state index in [1.165, 1.54) is 10.9 Å². The third-order valence-corrected chi connectivity index (χ3v) is 4.59. The van der Waals surface area contributed by atoms with Crippen molar-refractivity contribution in [1.82, 2.24) is 24.4 Å². The monoisotopic (exact) mass is 357 g/mol. The minimum absolute atomic E-state index is 0.00765. The van der Waals surface area contributed by atoms with Crippen LogP contribution in [-0.2, 0) is 11.3 Å². The van der Waals surface area contributed by atoms with E-state index >= 15 is 0 Å². The lowest BCUT2D eigenvalue weighted by Crippen LogP contribution is -2.46. The molecule has 1 aliphatic heterocycles. The van der Waals surface area contributed by atoms with E-state index in [4.69, 9.17) is 4.74 Å². The largest absolute Gasteiger partial charge is 0.472 e. The summed E-state index contributed by atoms with van der Waals surface area (Å²) in [6, 6.07) is 1.72. The van der Waals surface area contributed by atoms with Gasteiger partial charge in [0, 0.05) is 30.1 Å². The Kier molecular flexibility index (Phi) is 5.29. The van der Waals surface area contributed by atoms with Gasteiger partial charge < -0.3 is 9.64 Å². The van der Waals surface area contributed by atoms with Crippen LogP contribution < -0.4 is 10.3 Å². The van der Waals surface area contributed by atoms with Crippen LogP contribution in [0.1, 0.15) is 29.9 Å². The number of ether oxygens (including phenoxy) is 1. The zero-order valence-electron chi connectivity index (χ0n) is 15.3. The zero-order chi connectivity index (χ0) is 18.7. The van der Waals surface area contributed by atoms with Crippen molar-refractivity contribution in [3.8, 4) is 5.88 Å². The van der Waals surface area contributed by atoms with Gasteiger partial charge in [-0.25, -0.2) is 9.97 Å². The Hall–Kier alpha value is -2.77. The summed E-state index contributed by atoms with van der Waals surface area (Å²) >= 11 is 0. The first-order chi connectivity index (χ1) is 12.4. The van der Waals surface area contributed by atoms with E-state index < -0.39 is 0 Å². The summed E-state index contributed by atoms with van der Waals surface area (Å²) in [5.74, 6) is 1.06. The first kappa shape index (κ1) is 18.0. The molecule has 0 spiro atoms. The molecule has 2 aromatic rings. The summed E-state index contributed by atoms with van der Waals surface area (Å²) in [6.45, 7) is 6.44. The van der Waals surface area contributed by atoms with Crippen molar-refractivity contribution < 1.29 is 9.53 Å². The molecule has 8 heteroatoms. The number of hydrogen-bond donors (Lipinski definition) is 0. The maximum absolute atomic E-state index is 12.6. The molecule has 0 saturated carbocycles. The molecule has 0 aromatic carbocycles. The molecular formula is C18H23N5O3. The molecule has 0 N–H and O–H groups in total. The van der Waals surface area contributed by atoms with Crippen LogP contribution in [0.3, 0.4) is 0 Å². The first-order valence-electron chi connectivity index (χ1n) is 8.71. The topological polar surface area (TPSA) is 90.2 Å². The van der Waals surface area contributed by atoms with Crippen LogP contribution in [0.25, 0.3) is 0 Å². The molecule has 0 aliphatic carbocycles. The van der Waals surface area contributed by atoms with Gasteiger partial charge in [0.15, 0.2) is 0 Å². The number of amides is 1. The molecule has 0 bridgehead atoms. The molecule has 1 saturated heterocycles. The summed E-state index contributed by atoms with van der Waals surface area (Å²) < 4.78 is 7.26. The molecule has 2 aromatic heterocycles. The fourth-order valence-electron chi connectivity index (χ4n) is 2.97. The highest BCUT2D eigenvalue weighted by molar-refractivity contribution is 5.76. The summed E-state index contributed by atoms with van der Waals surface area (Å²) in [5, 5.41) is 0. The van der Waals surface area contributed by atoms with Gasteiger partial charge in [-0.2, -0.15) is 4.98 Å². The van der Waals surface area contributed by atoms with E-state index in [9.17, 15) is 9.59 Å². The lowest BCUT2D eigenvalue weighted by Gasteiger charge is -2.32. The second-order valence-electron chi connectivity index (χ2n) is 6.55. The van der Waals surface area contributed by atoms with E-state index in [-0.39, 0.29) is 24.1 Å². The number of nitrogens with zero attached hydrogens (tertiary/aromatic N) is 5. The Bertz CT molecular complexity index is 864. The normalized spacial score (nSPS) is 17.2. The van der Waals surface area contributed by atoms with Crippen LogP contribution in [-0.4, -0.2) is 49.5 Å². The number of rotatable bonds is 4. The first-order valence-corrected chi connectivity index (χ1v) is 8.71. The number of hydrogen-bond acceptors (Lipinski definition) is 6. The second-order valence-corrected chi connectivity index (χ2v) is 6.55. The maximum atomic E-state index is 12.6. The smallest absolute Gasteiger partial charge is 0.256 e. The molecule has 1 atom stereocenters. The maximum Gasteiger partial charge on any atom is 0.256 e. The molecule has 0 radical (unpaired) electrons. The Morgan fingerprint density at radius 2 is 2.12 bits per heavy atom. The highest BCUT2D eigenvalue weighted by Crippen LogP contribution is 2.17. The van der Waals surface area contributed by atoms with Gasteiger partial charge >= 0.3 is 0 Å². The van der Waals surface area contributed by atoms with Gasteiger partial charge in [-0.1, -0.05) is 0 Å². The minimum Gasteiger partial charge on any atom is -0.472 e. The van der Waals surface area contributed by atoms with Gasteiger partial charge in [0.2, 0.25) is 11.8 Å². The Labute approximate surface area is 151 Å². The van der Waals surface area contributed by atoms with Gasteiger partial charge in [-0.05, 0) is 33.6 Å². The van der Waals surface area contributed by atoms with Crippen molar-refractivity contribution in [3.05, 3.63) is 46.0 Å². The zero-order valence-corrected chi connectivity index (χ0v) is 15.3. The van der Waals surface area contributed by atoms with E-state index in [2.05, 4.69) is 15.0 Å². The molecule has 138 valence electrons. The van der Waals surface area contributed by atoms with Crippen LogP contribution in [0.4, 0.5) is 0 Å². The second kappa shape index (κ2) is 7.63. The number of aromatic nitrogens is 4. The summed E-state index contributed by atoms with van der Waals surface area (Å²) in [7, 11) is 0. The molecule has 1 unspecified atom stereocenters. The van der Waals surface area contributed by atoms with Gasteiger partial charge in [0.25, 0.3) is 5.56 Å². The molecule has 1 amide bonds. The molecule has 26 heavy (non-hydrogen) atoms. The van der Waals surface area contributed by atoms with Crippen molar-refractivity contribution in [3.63, 3.8) is 0 Å². The Balaban J connectivity index is 1.65. The van der Waals surface area contributed by atoms with Gasteiger partial charge in [0.1, 0.15) is 18.5 Å². The SMILES string of the molecule is Cc1nccc(OC2CCCN(C(=O)Cn3cnc(C)c(C)c3=O)C2)n1. The van der Waals surface area contributed by atoms with Crippen molar-refractivity contribution in [1.29, 1.82) is 0 Å². The van der Waals surface area contributed by atoms with Crippen LogP contribution in [0.5, 0.6) is 5.88 Å². The highest BCUT2D eigenvalue weighted by Gasteiger charge is 2.25. The summed E-state index contributed by atoms with van der Waals surface area (Å²) in [5.41, 5.74) is 1.08. The lowest BCUT2D eigenvalue weighted by molar-refractivity contribution is -0.134. The molecule has 3 heterocycles. The fourth-order valence-corrected chi connectivity index (χ4v) is 2.97. The van der Waals surface area contributed by atoms with Crippen molar-refractivity contribution in [2.45, 2.75) is 46.3 Å². The van der Waals surface area contributed by atoms with Crippen molar-refractivity contribution in [2.24, 2.45) is 0 Å². The molecule has 1 fully saturated rings. The third kappa shape index (κ3) is 4.07. The van der Waals surface area contributed by atoms with Crippen molar-refractivity contribution >= 4 is 5.91 Å². The van der Waals surface area contributed by atoms with Gasteiger partial charge in [-0.3, -0.25) is 14.2 Å². The predicted octanol–water partition coefficient (Wildman–Crippen LogP) is 1.03. The molecule has 8 nitrogen and oxygen atoms in total. The van der Waals surface area contributed by atoms with Crippen LogP contribution >= 0.6 is 0 Å².